The van der Waals surface area contributed by atoms with E-state index in [1.54, 1.807) is 13.8 Å². The molecule has 0 spiro atoms. The normalized spacial score (nSPS) is 16.4. The van der Waals surface area contributed by atoms with Crippen LogP contribution < -0.4 is 15.4 Å². The molecule has 2 amide bonds. The minimum absolute atomic E-state index is 0.0924. The number of hydrogen-bond donors (Lipinski definition) is 2. The summed E-state index contributed by atoms with van der Waals surface area (Å²) < 4.78 is 37.6. The molecule has 150 valence electrons. The van der Waals surface area contributed by atoms with Crippen molar-refractivity contribution < 1.29 is 27.5 Å². The lowest BCUT2D eigenvalue weighted by atomic mass is 10.2. The summed E-state index contributed by atoms with van der Waals surface area (Å²) in [4.78, 5) is 24.1. The van der Waals surface area contributed by atoms with Gasteiger partial charge in [0.05, 0.1) is 20.3 Å². The number of rotatable bonds is 7. The molecule has 1 aliphatic rings. The average Bonchev–Trinajstić information content (AvgIpc) is 2.68. The maximum atomic E-state index is 13.0. The molecule has 10 heteroatoms. The molecule has 1 aliphatic heterocycles. The van der Waals surface area contributed by atoms with E-state index in [0.29, 0.717) is 19.8 Å². The van der Waals surface area contributed by atoms with E-state index in [1.165, 1.54) is 29.6 Å². The fourth-order valence-electron chi connectivity index (χ4n) is 2.62. The van der Waals surface area contributed by atoms with Crippen molar-refractivity contribution >= 4 is 21.8 Å². The van der Waals surface area contributed by atoms with Crippen LogP contribution >= 0.6 is 0 Å². The third kappa shape index (κ3) is 4.96. The molecule has 1 aromatic carbocycles. The van der Waals surface area contributed by atoms with Gasteiger partial charge in [-0.3, -0.25) is 9.59 Å². The van der Waals surface area contributed by atoms with Crippen LogP contribution in [0.3, 0.4) is 0 Å². The van der Waals surface area contributed by atoms with E-state index >= 15 is 0 Å². The molecule has 0 aliphatic carbocycles. The first-order chi connectivity index (χ1) is 12.8. The number of carbonyl (C=O) groups excluding carboxylic acids is 2. The second kappa shape index (κ2) is 9.16. The summed E-state index contributed by atoms with van der Waals surface area (Å²) in [5.74, 6) is -0.717. The first kappa shape index (κ1) is 21.1. The number of amides is 2. The molecular weight excluding hydrogens is 374 g/mol. The first-order valence-corrected chi connectivity index (χ1v) is 10.1. The molecule has 0 radical (unpaired) electrons. The Morgan fingerprint density at radius 2 is 1.96 bits per heavy atom. The van der Waals surface area contributed by atoms with Gasteiger partial charge < -0.3 is 20.1 Å². The van der Waals surface area contributed by atoms with Crippen molar-refractivity contribution in [2.24, 2.45) is 0 Å². The van der Waals surface area contributed by atoms with Gasteiger partial charge in [-0.05, 0) is 32.0 Å². The molecule has 1 heterocycles. The summed E-state index contributed by atoms with van der Waals surface area (Å²) >= 11 is 0. The second-order valence-electron chi connectivity index (χ2n) is 5.97. The maximum Gasteiger partial charge on any atom is 0.251 e. The number of nitrogens with zero attached hydrogens (tertiary/aromatic N) is 1. The zero-order valence-corrected chi connectivity index (χ0v) is 16.5. The van der Waals surface area contributed by atoms with E-state index < -0.39 is 22.0 Å². The molecule has 2 rings (SSSR count). The van der Waals surface area contributed by atoms with E-state index in [4.69, 9.17) is 9.47 Å². The molecule has 9 nitrogen and oxygen atoms in total. The summed E-state index contributed by atoms with van der Waals surface area (Å²) in [6.07, 6.45) is 0. The highest BCUT2D eigenvalue weighted by molar-refractivity contribution is 7.89. The van der Waals surface area contributed by atoms with E-state index in [9.17, 15) is 18.0 Å². The number of hydrogen-bond acceptors (Lipinski definition) is 6. The van der Waals surface area contributed by atoms with Crippen LogP contribution in [0, 0.1) is 0 Å². The molecule has 2 N–H and O–H groups in total. The van der Waals surface area contributed by atoms with Gasteiger partial charge in [0.2, 0.25) is 15.9 Å². The van der Waals surface area contributed by atoms with Gasteiger partial charge in [-0.2, -0.15) is 4.31 Å². The van der Waals surface area contributed by atoms with Crippen molar-refractivity contribution in [2.45, 2.75) is 24.8 Å². The second-order valence-corrected chi connectivity index (χ2v) is 7.88. The fourth-order valence-corrected chi connectivity index (χ4v) is 4.21. The Balaban J connectivity index is 2.29. The van der Waals surface area contributed by atoms with Crippen molar-refractivity contribution in [3.63, 3.8) is 0 Å². The van der Waals surface area contributed by atoms with Crippen molar-refractivity contribution in [3.8, 4) is 5.75 Å². The Bertz CT molecular complexity index is 790. The molecule has 27 heavy (non-hydrogen) atoms. The number of benzene rings is 1. The summed E-state index contributed by atoms with van der Waals surface area (Å²) in [5.41, 5.74) is 0.124. The standard InChI is InChI=1S/C17H25N3O6S/c1-4-18-16(21)12(2)19-17(22)13-5-6-14(25-3)15(11-13)27(23,24)20-7-9-26-10-8-20/h5-6,11-12H,4,7-10H2,1-3H3,(H,18,21)(H,19,22)/t12-/m0/s1. The van der Waals surface area contributed by atoms with Gasteiger partial charge in [-0.25, -0.2) is 8.42 Å². The molecule has 1 fully saturated rings. The van der Waals surface area contributed by atoms with Gasteiger partial charge in [-0.15, -0.1) is 0 Å². The van der Waals surface area contributed by atoms with Crippen LogP contribution in [-0.2, 0) is 19.6 Å². The summed E-state index contributed by atoms with van der Waals surface area (Å²) in [5, 5.41) is 5.17. The third-order valence-electron chi connectivity index (χ3n) is 4.11. The molecule has 0 bridgehead atoms. The van der Waals surface area contributed by atoms with Crippen LogP contribution in [0.1, 0.15) is 24.2 Å². The first-order valence-electron chi connectivity index (χ1n) is 8.65. The molecular formula is C17H25N3O6S. The van der Waals surface area contributed by atoms with Crippen LogP contribution in [0.2, 0.25) is 0 Å². The van der Waals surface area contributed by atoms with Crippen molar-refractivity contribution in [1.82, 2.24) is 14.9 Å². The smallest absolute Gasteiger partial charge is 0.251 e. The topological polar surface area (TPSA) is 114 Å². The minimum Gasteiger partial charge on any atom is -0.495 e. The Labute approximate surface area is 159 Å². The molecule has 1 aromatic rings. The van der Waals surface area contributed by atoms with E-state index in [1.807, 2.05) is 0 Å². The monoisotopic (exact) mass is 399 g/mol. The Morgan fingerprint density at radius 1 is 1.30 bits per heavy atom. The zero-order valence-electron chi connectivity index (χ0n) is 15.6. The zero-order chi connectivity index (χ0) is 20.0. The van der Waals surface area contributed by atoms with Crippen molar-refractivity contribution in [3.05, 3.63) is 23.8 Å². The molecule has 0 aromatic heterocycles. The SMILES string of the molecule is CCNC(=O)[C@H](C)NC(=O)c1ccc(OC)c(S(=O)(=O)N2CCOCC2)c1. The van der Waals surface area contributed by atoms with Crippen molar-refractivity contribution in [1.29, 1.82) is 0 Å². The molecule has 1 saturated heterocycles. The minimum atomic E-state index is -3.85. The van der Waals surface area contributed by atoms with Gasteiger partial charge in [0, 0.05) is 25.2 Å². The fraction of sp³-hybridized carbons (Fsp3) is 0.529. The predicted molar refractivity (Wildman–Crippen MR) is 98.2 cm³/mol. The lowest BCUT2D eigenvalue weighted by molar-refractivity contribution is -0.122. The summed E-state index contributed by atoms with van der Waals surface area (Å²) in [6.45, 7) is 4.86. The van der Waals surface area contributed by atoms with Crippen LogP contribution in [0.5, 0.6) is 5.75 Å². The van der Waals surface area contributed by atoms with Gasteiger partial charge in [-0.1, -0.05) is 0 Å². The quantitative estimate of drug-likeness (QED) is 0.666. The number of carbonyl (C=O) groups is 2. The van der Waals surface area contributed by atoms with Crippen molar-refractivity contribution in [2.75, 3.05) is 40.0 Å². The number of sulfonamides is 1. The third-order valence-corrected chi connectivity index (χ3v) is 6.03. The van der Waals surface area contributed by atoms with E-state index in [-0.39, 0.29) is 35.2 Å². The van der Waals surface area contributed by atoms with Gasteiger partial charge in [0.15, 0.2) is 0 Å². The van der Waals surface area contributed by atoms with Crippen LogP contribution in [0.25, 0.3) is 0 Å². The highest BCUT2D eigenvalue weighted by Crippen LogP contribution is 2.28. The van der Waals surface area contributed by atoms with Gasteiger partial charge in [0.1, 0.15) is 16.7 Å². The van der Waals surface area contributed by atoms with Crippen LogP contribution in [0.15, 0.2) is 23.1 Å². The maximum absolute atomic E-state index is 13.0. The largest absolute Gasteiger partial charge is 0.495 e. The lowest BCUT2D eigenvalue weighted by Gasteiger charge is -2.26. The number of methoxy groups -OCH3 is 1. The Morgan fingerprint density at radius 3 is 2.56 bits per heavy atom. The molecule has 0 unspecified atom stereocenters. The molecule has 0 saturated carbocycles. The summed E-state index contributed by atoms with van der Waals surface area (Å²) in [6, 6.07) is 3.40. The number of likely N-dealkylation sites (N-methyl/N-ethyl adjacent to an activating group) is 1. The van der Waals surface area contributed by atoms with Gasteiger partial charge >= 0.3 is 0 Å². The average molecular weight is 399 g/mol. The highest BCUT2D eigenvalue weighted by Gasteiger charge is 2.30. The summed E-state index contributed by atoms with van der Waals surface area (Å²) in [7, 11) is -2.48. The van der Waals surface area contributed by atoms with Gasteiger partial charge in [0.25, 0.3) is 5.91 Å². The van der Waals surface area contributed by atoms with E-state index in [0.717, 1.165) is 0 Å². The van der Waals surface area contributed by atoms with E-state index in [2.05, 4.69) is 10.6 Å². The Kier molecular flexibility index (Phi) is 7.17. The Hall–Kier alpha value is -2.17. The number of ether oxygens (including phenoxy) is 2. The highest BCUT2D eigenvalue weighted by atomic mass is 32.2. The van der Waals surface area contributed by atoms with Crippen LogP contribution in [0.4, 0.5) is 0 Å². The number of nitrogens with one attached hydrogen (secondary N) is 2. The van der Waals surface area contributed by atoms with Crippen LogP contribution in [-0.4, -0.2) is 70.5 Å². The predicted octanol–water partition coefficient (Wildman–Crippen LogP) is -0.0295. The molecule has 1 atom stereocenters. The number of morpholine rings is 1. The lowest BCUT2D eigenvalue weighted by Crippen LogP contribution is -2.44.